The summed E-state index contributed by atoms with van der Waals surface area (Å²) in [5, 5.41) is 17.5. The predicted molar refractivity (Wildman–Crippen MR) is 38.4 cm³/mol. The maximum Gasteiger partial charge on any atom is 0.309 e. The van der Waals surface area contributed by atoms with Gasteiger partial charge in [0, 0.05) is 13.2 Å². The zero-order valence-electron chi connectivity index (χ0n) is 6.11. The van der Waals surface area contributed by atoms with Gasteiger partial charge in [0.15, 0.2) is 0 Å². The molecule has 1 aromatic rings. The van der Waals surface area contributed by atoms with E-state index in [1.165, 1.54) is 6.07 Å². The van der Waals surface area contributed by atoms with Gasteiger partial charge in [0.1, 0.15) is 5.75 Å². The second kappa shape index (κ2) is 2.65. The van der Waals surface area contributed by atoms with E-state index in [2.05, 4.69) is 0 Å². The fourth-order valence-electron chi connectivity index (χ4n) is 0.908. The van der Waals surface area contributed by atoms with Gasteiger partial charge in [-0.25, -0.2) is 0 Å². The van der Waals surface area contributed by atoms with Crippen LogP contribution in [0.2, 0.25) is 0 Å². The molecule has 2 N–H and O–H groups in total. The topological polar surface area (TPSA) is 62.5 Å². The van der Waals surface area contributed by atoms with Gasteiger partial charge in [-0.1, -0.05) is 0 Å². The molecule has 0 aromatic carbocycles. The molecule has 0 amide bonds. The van der Waals surface area contributed by atoms with Crippen molar-refractivity contribution in [3.8, 4) is 5.75 Å². The first kappa shape index (κ1) is 7.65. The zero-order valence-corrected chi connectivity index (χ0v) is 6.11. The van der Waals surface area contributed by atoms with Crippen LogP contribution in [-0.4, -0.2) is 20.7 Å². The molecular formula is C7H9NO3. The molecule has 0 aliphatic rings. The monoisotopic (exact) mass is 155 g/mol. The van der Waals surface area contributed by atoms with Gasteiger partial charge in [-0.05, 0) is 6.07 Å². The minimum absolute atomic E-state index is 0.0369. The van der Waals surface area contributed by atoms with E-state index in [9.17, 15) is 4.79 Å². The third kappa shape index (κ3) is 1.52. The lowest BCUT2D eigenvalue weighted by Gasteiger charge is -1.99. The summed E-state index contributed by atoms with van der Waals surface area (Å²) in [4.78, 5) is 10.2. The number of rotatable bonds is 2. The number of nitrogens with zero attached hydrogens (tertiary/aromatic N) is 1. The molecule has 0 aliphatic carbocycles. The maximum absolute atomic E-state index is 10.2. The minimum atomic E-state index is -0.942. The van der Waals surface area contributed by atoms with Crippen molar-refractivity contribution < 1.29 is 15.0 Å². The summed E-state index contributed by atoms with van der Waals surface area (Å²) in [5.41, 5.74) is 0.428. The Kier molecular flexibility index (Phi) is 1.85. The highest BCUT2D eigenvalue weighted by atomic mass is 16.4. The van der Waals surface area contributed by atoms with Crippen LogP contribution in [0.15, 0.2) is 12.3 Å². The van der Waals surface area contributed by atoms with E-state index in [4.69, 9.17) is 10.2 Å². The Morgan fingerprint density at radius 3 is 2.73 bits per heavy atom. The molecule has 1 rings (SSSR count). The lowest BCUT2D eigenvalue weighted by atomic mass is 10.3. The number of aliphatic carboxylic acids is 1. The summed E-state index contributed by atoms with van der Waals surface area (Å²) in [6.07, 6.45) is 1.48. The summed E-state index contributed by atoms with van der Waals surface area (Å²) in [7, 11) is 1.69. The molecule has 0 unspecified atom stereocenters. The highest BCUT2D eigenvalue weighted by molar-refractivity contribution is 5.70. The van der Waals surface area contributed by atoms with Crippen molar-refractivity contribution in [3.05, 3.63) is 18.0 Å². The first-order chi connectivity index (χ1) is 5.11. The summed E-state index contributed by atoms with van der Waals surface area (Å²) in [6, 6.07) is 1.47. The van der Waals surface area contributed by atoms with Crippen LogP contribution in [0.5, 0.6) is 5.75 Å². The van der Waals surface area contributed by atoms with E-state index in [0.29, 0.717) is 5.69 Å². The highest BCUT2D eigenvalue weighted by Crippen LogP contribution is 2.16. The van der Waals surface area contributed by atoms with Crippen molar-refractivity contribution in [1.29, 1.82) is 0 Å². The third-order valence-corrected chi connectivity index (χ3v) is 1.50. The molecule has 1 heterocycles. The summed E-state index contributed by atoms with van der Waals surface area (Å²) in [6.45, 7) is 0. The number of aryl methyl sites for hydroxylation is 1. The van der Waals surface area contributed by atoms with Crippen molar-refractivity contribution in [3.63, 3.8) is 0 Å². The summed E-state index contributed by atoms with van der Waals surface area (Å²) >= 11 is 0. The normalized spacial score (nSPS) is 9.91. The smallest absolute Gasteiger partial charge is 0.309 e. The van der Waals surface area contributed by atoms with Gasteiger partial charge in [0.05, 0.1) is 12.1 Å². The number of carboxylic acid groups (broad SMARTS) is 1. The van der Waals surface area contributed by atoms with E-state index < -0.39 is 5.97 Å². The Bertz CT molecular complexity index is 258. The van der Waals surface area contributed by atoms with Gasteiger partial charge in [0.25, 0.3) is 0 Å². The summed E-state index contributed by atoms with van der Waals surface area (Å²) in [5.74, 6) is -0.906. The van der Waals surface area contributed by atoms with Crippen molar-refractivity contribution in [1.82, 2.24) is 4.57 Å². The quantitative estimate of drug-likeness (QED) is 0.648. The largest absolute Gasteiger partial charge is 0.506 e. The highest BCUT2D eigenvalue weighted by Gasteiger charge is 2.08. The fourth-order valence-corrected chi connectivity index (χ4v) is 0.908. The van der Waals surface area contributed by atoms with Crippen molar-refractivity contribution in [2.45, 2.75) is 6.42 Å². The molecule has 0 saturated carbocycles. The number of hydrogen-bond acceptors (Lipinski definition) is 2. The number of aromatic nitrogens is 1. The second-order valence-electron chi connectivity index (χ2n) is 2.33. The Labute approximate surface area is 63.7 Å². The second-order valence-corrected chi connectivity index (χ2v) is 2.33. The Balaban J connectivity index is 2.92. The molecule has 4 nitrogen and oxygen atoms in total. The van der Waals surface area contributed by atoms with Gasteiger partial charge >= 0.3 is 5.97 Å². The average molecular weight is 155 g/mol. The van der Waals surface area contributed by atoms with Gasteiger partial charge < -0.3 is 14.8 Å². The van der Waals surface area contributed by atoms with E-state index in [-0.39, 0.29) is 12.2 Å². The Morgan fingerprint density at radius 1 is 1.73 bits per heavy atom. The van der Waals surface area contributed by atoms with E-state index in [0.717, 1.165) is 0 Å². The molecule has 0 bridgehead atoms. The van der Waals surface area contributed by atoms with Crippen LogP contribution >= 0.6 is 0 Å². The van der Waals surface area contributed by atoms with E-state index >= 15 is 0 Å². The fraction of sp³-hybridized carbons (Fsp3) is 0.286. The van der Waals surface area contributed by atoms with Crippen LogP contribution in [-0.2, 0) is 18.3 Å². The SMILES string of the molecule is Cn1ccc(O)c1CC(=O)O. The van der Waals surface area contributed by atoms with Crippen LogP contribution in [0.3, 0.4) is 0 Å². The first-order valence-corrected chi connectivity index (χ1v) is 3.16. The van der Waals surface area contributed by atoms with Crippen molar-refractivity contribution in [2.75, 3.05) is 0 Å². The third-order valence-electron chi connectivity index (χ3n) is 1.50. The van der Waals surface area contributed by atoms with Crippen LogP contribution in [0.4, 0.5) is 0 Å². The Morgan fingerprint density at radius 2 is 2.36 bits per heavy atom. The van der Waals surface area contributed by atoms with Crippen LogP contribution < -0.4 is 0 Å². The molecular weight excluding hydrogens is 146 g/mol. The van der Waals surface area contributed by atoms with Gasteiger partial charge in [-0.2, -0.15) is 0 Å². The molecule has 60 valence electrons. The number of hydrogen-bond donors (Lipinski definition) is 2. The van der Waals surface area contributed by atoms with E-state index in [1.54, 1.807) is 17.8 Å². The standard InChI is InChI=1S/C7H9NO3/c1-8-3-2-6(9)5(8)4-7(10)11/h2-3,9H,4H2,1H3,(H,10,11). The number of carbonyl (C=O) groups is 1. The minimum Gasteiger partial charge on any atom is -0.506 e. The maximum atomic E-state index is 10.2. The lowest BCUT2D eigenvalue weighted by molar-refractivity contribution is -0.136. The first-order valence-electron chi connectivity index (χ1n) is 3.16. The molecule has 0 saturated heterocycles. The van der Waals surface area contributed by atoms with Crippen LogP contribution in [0.25, 0.3) is 0 Å². The molecule has 0 spiro atoms. The van der Waals surface area contributed by atoms with Gasteiger partial charge in [0.2, 0.25) is 0 Å². The zero-order chi connectivity index (χ0) is 8.43. The average Bonchev–Trinajstić information content (AvgIpc) is 2.18. The van der Waals surface area contributed by atoms with Gasteiger partial charge in [-0.3, -0.25) is 4.79 Å². The molecule has 4 heteroatoms. The molecule has 0 fully saturated rings. The molecule has 0 aliphatic heterocycles. The lowest BCUT2D eigenvalue weighted by Crippen LogP contribution is -2.04. The molecule has 0 radical (unpaired) electrons. The van der Waals surface area contributed by atoms with E-state index in [1.807, 2.05) is 0 Å². The van der Waals surface area contributed by atoms with Gasteiger partial charge in [-0.15, -0.1) is 0 Å². The molecule has 1 aromatic heterocycles. The Hall–Kier alpha value is -1.45. The van der Waals surface area contributed by atoms with Crippen LogP contribution in [0, 0.1) is 0 Å². The predicted octanol–water partition coefficient (Wildman–Crippen LogP) is 0.358. The van der Waals surface area contributed by atoms with Crippen LogP contribution in [0.1, 0.15) is 5.69 Å². The number of aromatic hydroxyl groups is 1. The summed E-state index contributed by atoms with van der Waals surface area (Å²) < 4.78 is 1.59. The van der Waals surface area contributed by atoms with Crippen molar-refractivity contribution in [2.24, 2.45) is 7.05 Å². The number of carboxylic acids is 1. The van der Waals surface area contributed by atoms with Crippen molar-refractivity contribution >= 4 is 5.97 Å². The molecule has 11 heavy (non-hydrogen) atoms. The molecule has 0 atom stereocenters.